The van der Waals surface area contributed by atoms with Crippen molar-refractivity contribution in [1.82, 2.24) is 9.88 Å². The van der Waals surface area contributed by atoms with Crippen LogP contribution in [0.25, 0.3) is 10.2 Å². The molecule has 1 aliphatic rings. The van der Waals surface area contributed by atoms with Gasteiger partial charge in [-0.15, -0.1) is 0 Å². The predicted molar refractivity (Wildman–Crippen MR) is 112 cm³/mol. The van der Waals surface area contributed by atoms with Gasteiger partial charge in [-0.3, -0.25) is 4.79 Å². The number of benzene rings is 2. The number of amides is 1. The Morgan fingerprint density at radius 2 is 1.86 bits per heavy atom. The van der Waals surface area contributed by atoms with Gasteiger partial charge in [-0.1, -0.05) is 34.5 Å². The minimum Gasteiger partial charge on any atom is -0.497 e. The maximum Gasteiger partial charge on any atom is 0.274 e. The number of fused-ring (bicyclic) bond motifs is 1. The molecule has 1 fully saturated rings. The van der Waals surface area contributed by atoms with Crippen LogP contribution < -0.4 is 9.47 Å². The Hall–Kier alpha value is -2.02. The van der Waals surface area contributed by atoms with Gasteiger partial charge in [0.2, 0.25) is 0 Å². The van der Waals surface area contributed by atoms with Gasteiger partial charge >= 0.3 is 0 Å². The fourth-order valence-corrected chi connectivity index (χ4v) is 4.68. The first kappa shape index (κ1) is 19.3. The number of carbonyl (C=O) groups excluding carboxylic acids is 1. The largest absolute Gasteiger partial charge is 0.497 e. The Morgan fingerprint density at radius 3 is 2.54 bits per heavy atom. The highest BCUT2D eigenvalue weighted by Crippen LogP contribution is 2.32. The van der Waals surface area contributed by atoms with E-state index in [0.29, 0.717) is 33.9 Å². The number of aromatic nitrogens is 1. The monoisotopic (exact) mass is 436 g/mol. The van der Waals surface area contributed by atoms with E-state index in [9.17, 15) is 4.79 Å². The van der Waals surface area contributed by atoms with Crippen molar-refractivity contribution in [1.29, 1.82) is 0 Å². The smallest absolute Gasteiger partial charge is 0.274 e. The zero-order valence-corrected chi connectivity index (χ0v) is 17.5. The van der Waals surface area contributed by atoms with Crippen molar-refractivity contribution < 1.29 is 14.3 Å². The highest BCUT2D eigenvalue weighted by Gasteiger charge is 2.26. The van der Waals surface area contributed by atoms with Crippen molar-refractivity contribution in [2.24, 2.45) is 0 Å². The maximum absolute atomic E-state index is 12.7. The van der Waals surface area contributed by atoms with E-state index < -0.39 is 0 Å². The number of thiazole rings is 1. The molecule has 3 aromatic rings. The minimum atomic E-state index is -0.0602. The van der Waals surface area contributed by atoms with Gasteiger partial charge in [0.15, 0.2) is 0 Å². The van der Waals surface area contributed by atoms with Crippen molar-refractivity contribution in [3.63, 3.8) is 0 Å². The molecule has 2 aromatic carbocycles. The van der Waals surface area contributed by atoms with Crippen molar-refractivity contribution >= 4 is 50.7 Å². The van der Waals surface area contributed by atoms with Crippen LogP contribution in [0.5, 0.6) is 10.9 Å². The molecular weight excluding hydrogens is 419 g/mol. The lowest BCUT2D eigenvalue weighted by molar-refractivity contribution is 0.0595. The van der Waals surface area contributed by atoms with Crippen LogP contribution in [-0.4, -0.2) is 42.1 Å². The average Bonchev–Trinajstić information content (AvgIpc) is 3.08. The van der Waals surface area contributed by atoms with Crippen LogP contribution in [0, 0.1) is 0 Å². The van der Waals surface area contributed by atoms with Crippen LogP contribution in [-0.2, 0) is 0 Å². The van der Waals surface area contributed by atoms with Crippen molar-refractivity contribution in [3.05, 3.63) is 52.0 Å². The second-order valence-corrected chi connectivity index (χ2v) is 8.45. The molecule has 0 aliphatic carbocycles. The SMILES string of the molecule is COc1ccc2nc(OC3CCN(C(=O)c4cc(Cl)cc(Cl)c4)CC3)sc2c1. The van der Waals surface area contributed by atoms with E-state index in [1.807, 2.05) is 23.1 Å². The second kappa shape index (κ2) is 8.15. The third-order valence-corrected chi connectivity index (χ3v) is 6.03. The van der Waals surface area contributed by atoms with E-state index in [1.165, 1.54) is 11.3 Å². The number of likely N-dealkylation sites (tertiary alicyclic amines) is 1. The highest BCUT2D eigenvalue weighted by atomic mass is 35.5. The van der Waals surface area contributed by atoms with Gasteiger partial charge in [0, 0.05) is 41.5 Å². The minimum absolute atomic E-state index is 0.0365. The number of methoxy groups -OCH3 is 1. The average molecular weight is 437 g/mol. The summed E-state index contributed by atoms with van der Waals surface area (Å²) in [6.07, 6.45) is 1.54. The topological polar surface area (TPSA) is 51.7 Å². The molecule has 1 amide bonds. The van der Waals surface area contributed by atoms with Gasteiger partial charge in [-0.05, 0) is 36.4 Å². The number of nitrogens with zero attached hydrogens (tertiary/aromatic N) is 2. The Labute approximate surface area is 176 Å². The van der Waals surface area contributed by atoms with Crippen molar-refractivity contribution in [2.45, 2.75) is 18.9 Å². The van der Waals surface area contributed by atoms with Crippen molar-refractivity contribution in [3.8, 4) is 10.9 Å². The summed E-state index contributed by atoms with van der Waals surface area (Å²) in [5, 5.41) is 1.57. The van der Waals surface area contributed by atoms with E-state index >= 15 is 0 Å². The molecule has 0 atom stereocenters. The number of ether oxygens (including phenoxy) is 2. The summed E-state index contributed by atoms with van der Waals surface area (Å²) in [6, 6.07) is 10.7. The van der Waals surface area contributed by atoms with Gasteiger partial charge in [0.1, 0.15) is 11.9 Å². The molecule has 1 aromatic heterocycles. The number of rotatable bonds is 4. The predicted octanol–water partition coefficient (Wildman–Crippen LogP) is 5.30. The maximum atomic E-state index is 12.7. The molecule has 0 N–H and O–H groups in total. The van der Waals surface area contributed by atoms with Gasteiger partial charge in [0.25, 0.3) is 11.1 Å². The van der Waals surface area contributed by atoms with E-state index in [0.717, 1.165) is 28.8 Å². The molecule has 0 radical (unpaired) electrons. The molecule has 1 aliphatic heterocycles. The summed E-state index contributed by atoms with van der Waals surface area (Å²) in [4.78, 5) is 19.0. The zero-order chi connectivity index (χ0) is 19.7. The van der Waals surface area contributed by atoms with Gasteiger partial charge in [0.05, 0.1) is 17.3 Å². The molecule has 2 heterocycles. The Balaban J connectivity index is 1.38. The fourth-order valence-electron chi connectivity index (χ4n) is 3.24. The number of carbonyl (C=O) groups is 1. The first-order chi connectivity index (χ1) is 13.5. The fraction of sp³-hybridized carbons (Fsp3) is 0.300. The van der Waals surface area contributed by atoms with Crippen molar-refractivity contribution in [2.75, 3.05) is 20.2 Å². The number of hydrogen-bond acceptors (Lipinski definition) is 5. The molecule has 0 saturated carbocycles. The van der Waals surface area contributed by atoms with Crippen LogP contribution in [0.2, 0.25) is 10.0 Å². The van der Waals surface area contributed by atoms with Crippen LogP contribution >= 0.6 is 34.5 Å². The quantitative estimate of drug-likeness (QED) is 0.556. The highest BCUT2D eigenvalue weighted by molar-refractivity contribution is 7.20. The lowest BCUT2D eigenvalue weighted by atomic mass is 10.1. The summed E-state index contributed by atoms with van der Waals surface area (Å²) in [7, 11) is 1.64. The molecule has 1 saturated heterocycles. The molecule has 8 heteroatoms. The number of halogens is 2. The molecule has 0 unspecified atom stereocenters. The second-order valence-electron chi connectivity index (χ2n) is 6.58. The Bertz CT molecular complexity index is 996. The first-order valence-electron chi connectivity index (χ1n) is 8.88. The van der Waals surface area contributed by atoms with E-state index in [-0.39, 0.29) is 12.0 Å². The van der Waals surface area contributed by atoms with Crippen LogP contribution in [0.3, 0.4) is 0 Å². The standard InChI is InChI=1S/C20H18Cl2N2O3S/c1-26-16-2-3-17-18(11-16)28-20(23-17)27-15-4-6-24(7-5-15)19(25)12-8-13(21)10-14(22)9-12/h2-3,8-11,15H,4-7H2,1H3. The summed E-state index contributed by atoms with van der Waals surface area (Å²) in [6.45, 7) is 1.23. The lowest BCUT2D eigenvalue weighted by Crippen LogP contribution is -2.41. The molecule has 146 valence electrons. The van der Waals surface area contributed by atoms with Crippen LogP contribution in [0.1, 0.15) is 23.2 Å². The third kappa shape index (κ3) is 4.19. The molecule has 0 spiro atoms. The first-order valence-corrected chi connectivity index (χ1v) is 10.5. The van der Waals surface area contributed by atoms with Crippen LogP contribution in [0.15, 0.2) is 36.4 Å². The number of piperidine rings is 1. The Kier molecular flexibility index (Phi) is 5.62. The normalized spacial score (nSPS) is 15.0. The summed E-state index contributed by atoms with van der Waals surface area (Å²) >= 11 is 13.5. The van der Waals surface area contributed by atoms with E-state index in [2.05, 4.69) is 4.98 Å². The number of hydrogen-bond donors (Lipinski definition) is 0. The summed E-state index contributed by atoms with van der Waals surface area (Å²) < 4.78 is 12.4. The van der Waals surface area contributed by atoms with E-state index in [4.69, 9.17) is 32.7 Å². The zero-order valence-electron chi connectivity index (χ0n) is 15.2. The summed E-state index contributed by atoms with van der Waals surface area (Å²) in [5.74, 6) is 0.741. The van der Waals surface area contributed by atoms with Gasteiger partial charge < -0.3 is 14.4 Å². The molecular formula is C20H18Cl2N2O3S. The van der Waals surface area contributed by atoms with Gasteiger partial charge in [-0.2, -0.15) is 0 Å². The molecule has 4 rings (SSSR count). The molecule has 0 bridgehead atoms. The van der Waals surface area contributed by atoms with E-state index in [1.54, 1.807) is 25.3 Å². The Morgan fingerprint density at radius 1 is 1.14 bits per heavy atom. The molecule has 28 heavy (non-hydrogen) atoms. The lowest BCUT2D eigenvalue weighted by Gasteiger charge is -2.31. The van der Waals surface area contributed by atoms with Crippen LogP contribution in [0.4, 0.5) is 0 Å². The third-order valence-electron chi connectivity index (χ3n) is 4.68. The molecule has 5 nitrogen and oxygen atoms in total. The van der Waals surface area contributed by atoms with Gasteiger partial charge in [-0.25, -0.2) is 4.98 Å². The summed E-state index contributed by atoms with van der Waals surface area (Å²) in [5.41, 5.74) is 1.41.